The lowest BCUT2D eigenvalue weighted by atomic mass is 10.1. The van der Waals surface area contributed by atoms with E-state index < -0.39 is 0 Å². The van der Waals surface area contributed by atoms with Crippen molar-refractivity contribution < 1.29 is 4.79 Å². The van der Waals surface area contributed by atoms with E-state index in [2.05, 4.69) is 10.3 Å². The van der Waals surface area contributed by atoms with Crippen LogP contribution in [0.15, 0.2) is 60.5 Å². The summed E-state index contributed by atoms with van der Waals surface area (Å²) >= 11 is 1.66. The highest BCUT2D eigenvalue weighted by Crippen LogP contribution is 2.16. The monoisotopic (exact) mass is 340 g/mol. The number of benzene rings is 1. The standard InChI is InChI=1S/C18H20N4OS/c1-14(20-18(23)21(2)12-17-4-3-11-24-17)15-5-7-16(8-6-15)22-10-9-19-13-22/h3-11,13-14H,12H2,1-2H3,(H,20,23)/t14-/m1/s1. The number of nitrogens with one attached hydrogen (secondary N) is 1. The fourth-order valence-corrected chi connectivity index (χ4v) is 3.19. The van der Waals surface area contributed by atoms with Crippen molar-refractivity contribution in [3.63, 3.8) is 0 Å². The summed E-state index contributed by atoms with van der Waals surface area (Å²) < 4.78 is 1.95. The first-order valence-electron chi connectivity index (χ1n) is 7.76. The number of rotatable bonds is 5. The summed E-state index contributed by atoms with van der Waals surface area (Å²) in [5.41, 5.74) is 2.11. The van der Waals surface area contributed by atoms with Gasteiger partial charge in [-0.25, -0.2) is 9.78 Å². The van der Waals surface area contributed by atoms with Crippen LogP contribution in [0, 0.1) is 0 Å². The highest BCUT2D eigenvalue weighted by Gasteiger charge is 2.14. The SMILES string of the molecule is C[C@@H](NC(=O)N(C)Cc1cccs1)c1ccc(-n2ccnc2)cc1. The highest BCUT2D eigenvalue weighted by atomic mass is 32.1. The Balaban J connectivity index is 1.59. The van der Waals surface area contributed by atoms with Crippen molar-refractivity contribution in [2.45, 2.75) is 19.5 Å². The number of imidazole rings is 1. The van der Waals surface area contributed by atoms with Crippen molar-refractivity contribution in [2.75, 3.05) is 7.05 Å². The Morgan fingerprint density at radius 1 is 1.33 bits per heavy atom. The minimum Gasteiger partial charge on any atom is -0.331 e. The Kier molecular flexibility index (Phi) is 4.96. The predicted molar refractivity (Wildman–Crippen MR) is 96.3 cm³/mol. The normalized spacial score (nSPS) is 11.9. The first-order chi connectivity index (χ1) is 11.6. The zero-order chi connectivity index (χ0) is 16.9. The second-order valence-electron chi connectivity index (χ2n) is 5.67. The van der Waals surface area contributed by atoms with Crippen molar-refractivity contribution in [3.05, 3.63) is 70.9 Å². The Morgan fingerprint density at radius 2 is 2.12 bits per heavy atom. The summed E-state index contributed by atoms with van der Waals surface area (Å²) in [4.78, 5) is 19.2. The fourth-order valence-electron chi connectivity index (χ4n) is 2.43. The number of carbonyl (C=O) groups is 1. The van der Waals surface area contributed by atoms with Crippen molar-refractivity contribution in [2.24, 2.45) is 0 Å². The molecule has 24 heavy (non-hydrogen) atoms. The van der Waals surface area contributed by atoms with E-state index in [9.17, 15) is 4.79 Å². The van der Waals surface area contributed by atoms with Crippen molar-refractivity contribution in [3.8, 4) is 5.69 Å². The summed E-state index contributed by atoms with van der Waals surface area (Å²) in [6.07, 6.45) is 5.42. The fraction of sp³-hybridized carbons (Fsp3) is 0.222. The van der Waals surface area contributed by atoms with Crippen LogP contribution in [0.25, 0.3) is 5.69 Å². The Morgan fingerprint density at radius 3 is 2.75 bits per heavy atom. The predicted octanol–water partition coefficient (Wildman–Crippen LogP) is 3.84. The van der Waals surface area contributed by atoms with Gasteiger partial charge in [-0.2, -0.15) is 0 Å². The second kappa shape index (κ2) is 7.31. The number of hydrogen-bond donors (Lipinski definition) is 1. The van der Waals surface area contributed by atoms with Gasteiger partial charge in [0.1, 0.15) is 0 Å². The number of urea groups is 1. The van der Waals surface area contributed by atoms with Crippen LogP contribution in [0.5, 0.6) is 0 Å². The molecule has 0 aliphatic rings. The number of amides is 2. The molecule has 1 atom stereocenters. The molecule has 0 saturated carbocycles. The Labute approximate surface area is 145 Å². The van der Waals surface area contributed by atoms with E-state index in [0.717, 1.165) is 11.3 Å². The maximum absolute atomic E-state index is 12.3. The van der Waals surface area contributed by atoms with Gasteiger partial charge in [-0.05, 0) is 36.1 Å². The van der Waals surface area contributed by atoms with Crippen LogP contribution in [0.3, 0.4) is 0 Å². The lowest BCUT2D eigenvalue weighted by Crippen LogP contribution is -2.38. The van der Waals surface area contributed by atoms with E-state index in [1.54, 1.807) is 28.8 Å². The van der Waals surface area contributed by atoms with Crippen LogP contribution >= 0.6 is 11.3 Å². The van der Waals surface area contributed by atoms with Gasteiger partial charge in [0.05, 0.1) is 18.9 Å². The molecule has 6 heteroatoms. The van der Waals surface area contributed by atoms with E-state index in [4.69, 9.17) is 0 Å². The molecule has 0 radical (unpaired) electrons. The molecule has 5 nitrogen and oxygen atoms in total. The molecule has 1 aromatic carbocycles. The largest absolute Gasteiger partial charge is 0.331 e. The van der Waals surface area contributed by atoms with E-state index in [-0.39, 0.29) is 12.1 Å². The van der Waals surface area contributed by atoms with Crippen molar-refractivity contribution in [1.29, 1.82) is 0 Å². The van der Waals surface area contributed by atoms with Crippen molar-refractivity contribution >= 4 is 17.4 Å². The topological polar surface area (TPSA) is 50.2 Å². The first kappa shape index (κ1) is 16.3. The Bertz CT molecular complexity index is 766. The number of aromatic nitrogens is 2. The second-order valence-corrected chi connectivity index (χ2v) is 6.70. The zero-order valence-corrected chi connectivity index (χ0v) is 14.5. The maximum Gasteiger partial charge on any atom is 0.317 e. The molecule has 1 N–H and O–H groups in total. The van der Waals surface area contributed by atoms with Crippen LogP contribution < -0.4 is 5.32 Å². The molecule has 124 valence electrons. The first-order valence-corrected chi connectivity index (χ1v) is 8.64. The molecule has 0 unspecified atom stereocenters. The molecular weight excluding hydrogens is 320 g/mol. The molecule has 2 heterocycles. The van der Waals surface area contributed by atoms with E-state index in [1.807, 2.05) is 66.5 Å². The summed E-state index contributed by atoms with van der Waals surface area (Å²) in [6, 6.07) is 12.0. The van der Waals surface area contributed by atoms with Crippen LogP contribution in [-0.4, -0.2) is 27.5 Å². The number of carbonyl (C=O) groups excluding carboxylic acids is 1. The number of nitrogens with zero attached hydrogens (tertiary/aromatic N) is 3. The van der Waals surface area contributed by atoms with Gasteiger partial charge in [-0.1, -0.05) is 18.2 Å². The van der Waals surface area contributed by atoms with Gasteiger partial charge in [0, 0.05) is 30.0 Å². The molecule has 0 bridgehead atoms. The van der Waals surface area contributed by atoms with Crippen LogP contribution in [0.4, 0.5) is 4.79 Å². The average molecular weight is 340 g/mol. The molecule has 3 rings (SSSR count). The maximum atomic E-state index is 12.3. The number of thiophene rings is 1. The van der Waals surface area contributed by atoms with Gasteiger partial charge in [0.2, 0.25) is 0 Å². The summed E-state index contributed by atoms with van der Waals surface area (Å²) in [7, 11) is 1.81. The minimum atomic E-state index is -0.0745. The average Bonchev–Trinajstić information content (AvgIpc) is 3.28. The molecular formula is C18H20N4OS. The lowest BCUT2D eigenvalue weighted by Gasteiger charge is -2.21. The molecule has 2 aromatic heterocycles. The third-order valence-electron chi connectivity index (χ3n) is 3.86. The van der Waals surface area contributed by atoms with Gasteiger partial charge in [0.15, 0.2) is 0 Å². The molecule has 0 aliphatic carbocycles. The van der Waals surface area contributed by atoms with Crippen molar-refractivity contribution in [1.82, 2.24) is 19.8 Å². The zero-order valence-electron chi connectivity index (χ0n) is 13.7. The molecule has 0 aliphatic heterocycles. The summed E-state index contributed by atoms with van der Waals surface area (Å²) in [5, 5.41) is 5.05. The molecule has 3 aromatic rings. The third-order valence-corrected chi connectivity index (χ3v) is 4.72. The van der Waals surface area contributed by atoms with E-state index in [1.165, 1.54) is 4.88 Å². The van der Waals surface area contributed by atoms with E-state index >= 15 is 0 Å². The molecule has 0 saturated heterocycles. The summed E-state index contributed by atoms with van der Waals surface area (Å²) in [6.45, 7) is 2.61. The van der Waals surface area contributed by atoms with Gasteiger partial charge < -0.3 is 14.8 Å². The van der Waals surface area contributed by atoms with Gasteiger partial charge in [0.25, 0.3) is 0 Å². The Hall–Kier alpha value is -2.60. The van der Waals surface area contributed by atoms with Crippen LogP contribution in [0.1, 0.15) is 23.4 Å². The van der Waals surface area contributed by atoms with Gasteiger partial charge >= 0.3 is 6.03 Å². The lowest BCUT2D eigenvalue weighted by molar-refractivity contribution is 0.204. The quantitative estimate of drug-likeness (QED) is 0.767. The number of hydrogen-bond acceptors (Lipinski definition) is 3. The third kappa shape index (κ3) is 3.83. The highest BCUT2D eigenvalue weighted by molar-refractivity contribution is 7.09. The van der Waals surface area contributed by atoms with Gasteiger partial charge in [-0.3, -0.25) is 0 Å². The molecule has 2 amide bonds. The van der Waals surface area contributed by atoms with E-state index in [0.29, 0.717) is 6.54 Å². The smallest absolute Gasteiger partial charge is 0.317 e. The van der Waals surface area contributed by atoms with Gasteiger partial charge in [-0.15, -0.1) is 11.3 Å². The summed E-state index contributed by atoms with van der Waals surface area (Å²) in [5.74, 6) is 0. The van der Waals surface area contributed by atoms with Crippen LogP contribution in [-0.2, 0) is 6.54 Å². The molecule has 0 spiro atoms. The molecule has 0 fully saturated rings. The minimum absolute atomic E-state index is 0.0554. The van der Waals surface area contributed by atoms with Crippen LogP contribution in [0.2, 0.25) is 0 Å².